The first-order valence-electron chi connectivity index (χ1n) is 8.68. The lowest BCUT2D eigenvalue weighted by Crippen LogP contribution is -2.40. The van der Waals surface area contributed by atoms with Gasteiger partial charge < -0.3 is 10.2 Å². The number of aromatic nitrogens is 2. The second-order valence-corrected chi connectivity index (χ2v) is 7.02. The van der Waals surface area contributed by atoms with Crippen molar-refractivity contribution in [3.63, 3.8) is 0 Å². The lowest BCUT2D eigenvalue weighted by atomic mass is 9.86. The molecule has 22 heavy (non-hydrogen) atoms. The van der Waals surface area contributed by atoms with Crippen LogP contribution in [0.2, 0.25) is 0 Å². The fraction of sp³-hybridized carbons (Fsp3) is 0.765. The van der Waals surface area contributed by atoms with E-state index in [9.17, 15) is 4.79 Å². The SMILES string of the molecule is CC1CCCC(N(C)C(=O)c2ccn(C3CCCNC3)n2)C1. The molecular formula is C17H28N4O. The molecule has 5 heteroatoms. The van der Waals surface area contributed by atoms with Gasteiger partial charge in [-0.1, -0.05) is 19.8 Å². The van der Waals surface area contributed by atoms with Gasteiger partial charge in [-0.25, -0.2) is 0 Å². The van der Waals surface area contributed by atoms with Gasteiger partial charge in [0.15, 0.2) is 0 Å². The maximum atomic E-state index is 12.7. The van der Waals surface area contributed by atoms with E-state index in [2.05, 4.69) is 17.3 Å². The van der Waals surface area contributed by atoms with Crippen LogP contribution in [0.3, 0.4) is 0 Å². The quantitative estimate of drug-likeness (QED) is 0.933. The van der Waals surface area contributed by atoms with Crippen molar-refractivity contribution in [3.05, 3.63) is 18.0 Å². The molecule has 0 bridgehead atoms. The largest absolute Gasteiger partial charge is 0.337 e. The van der Waals surface area contributed by atoms with Gasteiger partial charge in [0, 0.05) is 25.8 Å². The van der Waals surface area contributed by atoms with Crippen LogP contribution in [0, 0.1) is 5.92 Å². The molecule has 2 aliphatic rings. The van der Waals surface area contributed by atoms with E-state index in [1.54, 1.807) is 0 Å². The molecule has 1 aromatic rings. The molecule has 2 heterocycles. The Balaban J connectivity index is 1.65. The van der Waals surface area contributed by atoms with Crippen LogP contribution in [0.15, 0.2) is 12.3 Å². The minimum atomic E-state index is 0.0709. The zero-order chi connectivity index (χ0) is 15.5. The van der Waals surface area contributed by atoms with Gasteiger partial charge in [-0.3, -0.25) is 9.48 Å². The van der Waals surface area contributed by atoms with Gasteiger partial charge >= 0.3 is 0 Å². The maximum Gasteiger partial charge on any atom is 0.274 e. The fourth-order valence-corrected chi connectivity index (χ4v) is 3.82. The lowest BCUT2D eigenvalue weighted by Gasteiger charge is -2.33. The smallest absolute Gasteiger partial charge is 0.274 e. The van der Waals surface area contributed by atoms with Crippen molar-refractivity contribution >= 4 is 5.91 Å². The number of rotatable bonds is 3. The summed E-state index contributed by atoms with van der Waals surface area (Å²) in [6, 6.07) is 2.63. The van der Waals surface area contributed by atoms with Gasteiger partial charge in [-0.2, -0.15) is 5.10 Å². The third-order valence-electron chi connectivity index (χ3n) is 5.25. The first-order chi connectivity index (χ1) is 10.6. The van der Waals surface area contributed by atoms with E-state index >= 15 is 0 Å². The molecule has 3 rings (SSSR count). The normalized spacial score (nSPS) is 29.3. The Morgan fingerprint density at radius 3 is 2.95 bits per heavy atom. The van der Waals surface area contributed by atoms with Crippen LogP contribution in [0.5, 0.6) is 0 Å². The Bertz CT molecular complexity index is 507. The van der Waals surface area contributed by atoms with Gasteiger partial charge in [0.05, 0.1) is 6.04 Å². The fourth-order valence-electron chi connectivity index (χ4n) is 3.82. The molecule has 0 aromatic carbocycles. The Morgan fingerprint density at radius 1 is 1.36 bits per heavy atom. The van der Waals surface area contributed by atoms with Crippen LogP contribution in [0.4, 0.5) is 0 Å². The van der Waals surface area contributed by atoms with E-state index in [-0.39, 0.29) is 5.91 Å². The third-order valence-corrected chi connectivity index (χ3v) is 5.25. The number of nitrogens with zero attached hydrogens (tertiary/aromatic N) is 3. The maximum absolute atomic E-state index is 12.7. The summed E-state index contributed by atoms with van der Waals surface area (Å²) in [5.41, 5.74) is 0.589. The minimum absolute atomic E-state index is 0.0709. The standard InChI is InChI=1S/C17H28N4O/c1-13-5-3-6-14(11-13)20(2)17(22)16-8-10-21(19-16)15-7-4-9-18-12-15/h8,10,13-15,18H,3-7,9,11-12H2,1-2H3. The first-order valence-corrected chi connectivity index (χ1v) is 8.68. The summed E-state index contributed by atoms with van der Waals surface area (Å²) in [6.45, 7) is 4.33. The van der Waals surface area contributed by atoms with Gasteiger partial charge in [0.2, 0.25) is 0 Å². The van der Waals surface area contributed by atoms with Crippen LogP contribution < -0.4 is 5.32 Å². The van der Waals surface area contributed by atoms with E-state index in [1.165, 1.54) is 19.3 Å². The second kappa shape index (κ2) is 6.82. The Kier molecular flexibility index (Phi) is 4.81. The van der Waals surface area contributed by atoms with Crippen molar-refractivity contribution in [2.24, 2.45) is 5.92 Å². The molecule has 1 N–H and O–H groups in total. The second-order valence-electron chi connectivity index (χ2n) is 7.02. The van der Waals surface area contributed by atoms with E-state index in [1.807, 2.05) is 28.9 Å². The van der Waals surface area contributed by atoms with Crippen molar-refractivity contribution in [1.29, 1.82) is 0 Å². The van der Waals surface area contributed by atoms with Crippen LogP contribution in [0.1, 0.15) is 62.0 Å². The summed E-state index contributed by atoms with van der Waals surface area (Å²) >= 11 is 0. The molecule has 1 saturated heterocycles. The highest BCUT2D eigenvalue weighted by atomic mass is 16.2. The van der Waals surface area contributed by atoms with E-state index in [4.69, 9.17) is 0 Å². The molecule has 0 spiro atoms. The molecule has 122 valence electrons. The van der Waals surface area contributed by atoms with Gasteiger partial charge in [-0.05, 0) is 44.2 Å². The number of piperidine rings is 1. The van der Waals surface area contributed by atoms with E-state index < -0.39 is 0 Å². The van der Waals surface area contributed by atoms with Crippen LogP contribution in [-0.4, -0.2) is 46.8 Å². The highest BCUT2D eigenvalue weighted by molar-refractivity contribution is 5.92. The molecule has 1 amide bonds. The molecule has 1 aliphatic carbocycles. The number of carbonyl (C=O) groups is 1. The zero-order valence-corrected chi connectivity index (χ0v) is 13.8. The van der Waals surface area contributed by atoms with Crippen molar-refractivity contribution < 1.29 is 4.79 Å². The molecular weight excluding hydrogens is 276 g/mol. The molecule has 1 saturated carbocycles. The van der Waals surface area contributed by atoms with Crippen molar-refractivity contribution in [1.82, 2.24) is 20.0 Å². The monoisotopic (exact) mass is 304 g/mol. The summed E-state index contributed by atoms with van der Waals surface area (Å²) in [6.07, 6.45) is 9.04. The molecule has 0 radical (unpaired) electrons. The Labute approximate surface area is 133 Å². The number of hydrogen-bond acceptors (Lipinski definition) is 3. The summed E-state index contributed by atoms with van der Waals surface area (Å²) < 4.78 is 1.97. The third kappa shape index (κ3) is 3.35. The van der Waals surface area contributed by atoms with E-state index in [0.29, 0.717) is 17.8 Å². The van der Waals surface area contributed by atoms with Crippen molar-refractivity contribution in [2.75, 3.05) is 20.1 Å². The molecule has 3 atom stereocenters. The molecule has 1 aliphatic heterocycles. The topological polar surface area (TPSA) is 50.2 Å². The minimum Gasteiger partial charge on any atom is -0.337 e. The van der Waals surface area contributed by atoms with E-state index in [0.717, 1.165) is 38.3 Å². The average molecular weight is 304 g/mol. The highest BCUT2D eigenvalue weighted by Gasteiger charge is 2.27. The number of amides is 1. The summed E-state index contributed by atoms with van der Waals surface area (Å²) in [5, 5.41) is 7.95. The molecule has 3 unspecified atom stereocenters. The van der Waals surface area contributed by atoms with Crippen LogP contribution in [0.25, 0.3) is 0 Å². The van der Waals surface area contributed by atoms with Crippen molar-refractivity contribution in [3.8, 4) is 0 Å². The molecule has 1 aromatic heterocycles. The zero-order valence-electron chi connectivity index (χ0n) is 13.8. The van der Waals surface area contributed by atoms with Crippen molar-refractivity contribution in [2.45, 2.75) is 57.5 Å². The number of carbonyl (C=O) groups excluding carboxylic acids is 1. The molecule has 5 nitrogen and oxygen atoms in total. The first kappa shape index (κ1) is 15.5. The number of hydrogen-bond donors (Lipinski definition) is 1. The summed E-state index contributed by atoms with van der Waals surface area (Å²) in [4.78, 5) is 14.6. The predicted molar refractivity (Wildman–Crippen MR) is 86.9 cm³/mol. The van der Waals surface area contributed by atoms with Crippen LogP contribution in [-0.2, 0) is 0 Å². The van der Waals surface area contributed by atoms with Crippen LogP contribution >= 0.6 is 0 Å². The average Bonchev–Trinajstić information content (AvgIpc) is 3.04. The summed E-state index contributed by atoms with van der Waals surface area (Å²) in [7, 11) is 1.94. The van der Waals surface area contributed by atoms with Gasteiger partial charge in [-0.15, -0.1) is 0 Å². The highest BCUT2D eigenvalue weighted by Crippen LogP contribution is 2.27. The van der Waals surface area contributed by atoms with Gasteiger partial charge in [0.1, 0.15) is 5.69 Å². The Hall–Kier alpha value is -1.36. The predicted octanol–water partition coefficient (Wildman–Crippen LogP) is 2.46. The molecule has 2 fully saturated rings. The number of nitrogens with one attached hydrogen (secondary N) is 1. The lowest BCUT2D eigenvalue weighted by molar-refractivity contribution is 0.0665. The van der Waals surface area contributed by atoms with Gasteiger partial charge in [0.25, 0.3) is 5.91 Å². The summed E-state index contributed by atoms with van der Waals surface area (Å²) in [5.74, 6) is 0.793. The Morgan fingerprint density at radius 2 is 2.23 bits per heavy atom.